The Labute approximate surface area is 53.8 Å². The Kier molecular flexibility index (Phi) is 0.419. The normalized spacial score (nSPS) is 16.0. The summed E-state index contributed by atoms with van der Waals surface area (Å²) in [5.41, 5.74) is 5.98. The SMILES string of the molecule is C1=Cc2cc3c(cc21)C3. The van der Waals surface area contributed by atoms with E-state index in [0.717, 1.165) is 0 Å². The maximum atomic E-state index is 2.30. The van der Waals surface area contributed by atoms with Gasteiger partial charge >= 0.3 is 0 Å². The first-order valence-electron chi connectivity index (χ1n) is 3.27. The van der Waals surface area contributed by atoms with Crippen LogP contribution in [0.15, 0.2) is 12.1 Å². The van der Waals surface area contributed by atoms with Crippen LogP contribution in [0, 0.1) is 0 Å². The lowest BCUT2D eigenvalue weighted by atomic mass is 9.99. The van der Waals surface area contributed by atoms with Gasteiger partial charge in [-0.15, -0.1) is 0 Å². The Bertz CT molecular complexity index is 288. The summed E-state index contributed by atoms with van der Waals surface area (Å²) in [4.78, 5) is 0. The molecule has 0 spiro atoms. The number of hydrogen-bond donors (Lipinski definition) is 0. The minimum Gasteiger partial charge on any atom is -0.0538 e. The van der Waals surface area contributed by atoms with Gasteiger partial charge in [-0.05, 0) is 28.7 Å². The van der Waals surface area contributed by atoms with Crippen LogP contribution in [-0.2, 0) is 6.42 Å². The van der Waals surface area contributed by atoms with Gasteiger partial charge in [0.05, 0.1) is 0 Å². The first kappa shape index (κ1) is 3.89. The van der Waals surface area contributed by atoms with Crippen molar-refractivity contribution in [3.05, 3.63) is 34.4 Å². The van der Waals surface area contributed by atoms with Gasteiger partial charge in [0.15, 0.2) is 0 Å². The molecule has 2 aliphatic carbocycles. The Morgan fingerprint density at radius 2 is 1.44 bits per heavy atom. The van der Waals surface area contributed by atoms with E-state index in [1.807, 2.05) is 0 Å². The number of rotatable bonds is 0. The molecule has 0 bridgehead atoms. The van der Waals surface area contributed by atoms with Gasteiger partial charge in [0.2, 0.25) is 0 Å². The molecule has 3 rings (SSSR count). The monoisotopic (exact) mass is 114 g/mol. The molecule has 0 heterocycles. The molecule has 42 valence electrons. The summed E-state index contributed by atoms with van der Waals surface area (Å²) in [5, 5.41) is 0. The van der Waals surface area contributed by atoms with E-state index < -0.39 is 0 Å². The Morgan fingerprint density at radius 1 is 0.889 bits per heavy atom. The van der Waals surface area contributed by atoms with Gasteiger partial charge in [0.1, 0.15) is 0 Å². The second kappa shape index (κ2) is 0.971. The van der Waals surface area contributed by atoms with E-state index in [9.17, 15) is 0 Å². The van der Waals surface area contributed by atoms with E-state index in [2.05, 4.69) is 24.3 Å². The zero-order chi connectivity index (χ0) is 5.84. The molecule has 9 heavy (non-hydrogen) atoms. The lowest BCUT2D eigenvalue weighted by Gasteiger charge is -2.06. The molecule has 0 saturated heterocycles. The fourth-order valence-corrected chi connectivity index (χ4v) is 1.36. The average Bonchev–Trinajstić information content (AvgIpc) is 2.53. The maximum absolute atomic E-state index is 2.30. The van der Waals surface area contributed by atoms with Gasteiger partial charge in [-0.3, -0.25) is 0 Å². The third-order valence-corrected chi connectivity index (χ3v) is 2.10. The Balaban J connectivity index is 2.43. The van der Waals surface area contributed by atoms with Crippen molar-refractivity contribution in [3.63, 3.8) is 0 Å². The van der Waals surface area contributed by atoms with E-state index in [0.29, 0.717) is 0 Å². The van der Waals surface area contributed by atoms with Gasteiger partial charge in [-0.2, -0.15) is 0 Å². The quantitative estimate of drug-likeness (QED) is 0.419. The molecule has 1 aromatic carbocycles. The van der Waals surface area contributed by atoms with Crippen LogP contribution < -0.4 is 0 Å². The fraction of sp³-hybridized carbons (Fsp3) is 0.111. The summed E-state index contributed by atoms with van der Waals surface area (Å²) in [7, 11) is 0. The first-order valence-corrected chi connectivity index (χ1v) is 3.27. The van der Waals surface area contributed by atoms with Crippen LogP contribution in [0.5, 0.6) is 0 Å². The molecule has 0 radical (unpaired) electrons. The zero-order valence-corrected chi connectivity index (χ0v) is 5.02. The predicted octanol–water partition coefficient (Wildman–Crippen LogP) is 2.07. The van der Waals surface area contributed by atoms with Crippen molar-refractivity contribution in [3.8, 4) is 0 Å². The van der Waals surface area contributed by atoms with Crippen molar-refractivity contribution < 1.29 is 0 Å². The van der Waals surface area contributed by atoms with E-state index in [4.69, 9.17) is 0 Å². The van der Waals surface area contributed by atoms with Gasteiger partial charge in [0, 0.05) is 0 Å². The van der Waals surface area contributed by atoms with Gasteiger partial charge < -0.3 is 0 Å². The fourth-order valence-electron chi connectivity index (χ4n) is 1.36. The highest BCUT2D eigenvalue weighted by molar-refractivity contribution is 5.87. The van der Waals surface area contributed by atoms with E-state index in [1.165, 1.54) is 17.5 Å². The molecule has 0 atom stereocenters. The molecule has 2 aliphatic rings. The number of benzene rings is 1. The minimum absolute atomic E-state index is 1.24. The summed E-state index contributed by atoms with van der Waals surface area (Å²) in [6, 6.07) is 4.59. The van der Waals surface area contributed by atoms with Crippen molar-refractivity contribution in [2.45, 2.75) is 6.42 Å². The minimum atomic E-state index is 1.24. The third kappa shape index (κ3) is 0.355. The van der Waals surface area contributed by atoms with Crippen molar-refractivity contribution in [1.82, 2.24) is 0 Å². The molecular formula is C9H6. The largest absolute Gasteiger partial charge is 0.0538 e. The molecule has 0 fully saturated rings. The van der Waals surface area contributed by atoms with Crippen LogP contribution in [0.25, 0.3) is 12.2 Å². The highest BCUT2D eigenvalue weighted by Gasteiger charge is 2.19. The lowest BCUT2D eigenvalue weighted by molar-refractivity contribution is 1.60. The van der Waals surface area contributed by atoms with Gasteiger partial charge in [-0.1, -0.05) is 24.3 Å². The van der Waals surface area contributed by atoms with Crippen LogP contribution in [0.4, 0.5) is 0 Å². The van der Waals surface area contributed by atoms with Crippen molar-refractivity contribution in [1.29, 1.82) is 0 Å². The molecule has 0 aliphatic heterocycles. The first-order chi connectivity index (χ1) is 4.43. The van der Waals surface area contributed by atoms with Crippen molar-refractivity contribution in [2.24, 2.45) is 0 Å². The van der Waals surface area contributed by atoms with Gasteiger partial charge in [-0.25, -0.2) is 0 Å². The number of fused-ring (bicyclic) bond motifs is 2. The van der Waals surface area contributed by atoms with Crippen LogP contribution in [0.3, 0.4) is 0 Å². The van der Waals surface area contributed by atoms with Crippen LogP contribution >= 0.6 is 0 Å². The van der Waals surface area contributed by atoms with Crippen molar-refractivity contribution >= 4 is 12.2 Å². The Hall–Kier alpha value is -1.04. The van der Waals surface area contributed by atoms with Crippen LogP contribution in [0.1, 0.15) is 22.3 Å². The lowest BCUT2D eigenvalue weighted by Crippen LogP contribution is -1.85. The maximum Gasteiger partial charge on any atom is -0.00196 e. The molecule has 0 N–H and O–H groups in total. The summed E-state index contributed by atoms with van der Waals surface area (Å²) in [6.45, 7) is 0. The summed E-state index contributed by atoms with van der Waals surface area (Å²) < 4.78 is 0. The molecule has 0 nitrogen and oxygen atoms in total. The van der Waals surface area contributed by atoms with Crippen LogP contribution in [-0.4, -0.2) is 0 Å². The average molecular weight is 114 g/mol. The van der Waals surface area contributed by atoms with Gasteiger partial charge in [0.25, 0.3) is 0 Å². The molecule has 0 aromatic heterocycles. The van der Waals surface area contributed by atoms with Crippen molar-refractivity contribution in [2.75, 3.05) is 0 Å². The summed E-state index contributed by atoms with van der Waals surface area (Å²) >= 11 is 0. The summed E-state index contributed by atoms with van der Waals surface area (Å²) in [5.74, 6) is 0. The summed E-state index contributed by atoms with van der Waals surface area (Å²) in [6.07, 6.45) is 5.59. The Morgan fingerprint density at radius 3 is 1.89 bits per heavy atom. The number of hydrogen-bond acceptors (Lipinski definition) is 0. The highest BCUT2D eigenvalue weighted by Crippen LogP contribution is 2.35. The molecule has 0 heteroatoms. The predicted molar refractivity (Wildman–Crippen MR) is 38.2 cm³/mol. The second-order valence-electron chi connectivity index (χ2n) is 2.76. The standard InChI is InChI=1S/C9H6/c1-2-7-4-9-5-8(9)3-6(1)7/h1-4H,5H2. The van der Waals surface area contributed by atoms with E-state index in [-0.39, 0.29) is 0 Å². The smallest absolute Gasteiger partial charge is 0.00196 e. The highest BCUT2D eigenvalue weighted by atomic mass is 14.2. The van der Waals surface area contributed by atoms with E-state index >= 15 is 0 Å². The zero-order valence-electron chi connectivity index (χ0n) is 5.02. The third-order valence-electron chi connectivity index (χ3n) is 2.10. The molecule has 0 saturated carbocycles. The second-order valence-corrected chi connectivity index (χ2v) is 2.76. The molecule has 0 unspecified atom stereocenters. The molecule has 0 amide bonds. The molecular weight excluding hydrogens is 108 g/mol. The van der Waals surface area contributed by atoms with Crippen LogP contribution in [0.2, 0.25) is 0 Å². The van der Waals surface area contributed by atoms with E-state index in [1.54, 1.807) is 11.1 Å². The topological polar surface area (TPSA) is 0 Å². The molecule has 1 aromatic rings.